The molecule has 33 heavy (non-hydrogen) atoms. The van der Waals surface area contributed by atoms with Gasteiger partial charge in [0.05, 0.1) is 23.4 Å². The number of aliphatic hydroxyl groups is 2. The Morgan fingerprint density at radius 1 is 1.12 bits per heavy atom. The van der Waals surface area contributed by atoms with E-state index in [-0.39, 0.29) is 51.6 Å². The molecular weight excluding hydrogens is 480 g/mol. The lowest BCUT2D eigenvalue weighted by Crippen LogP contribution is -2.69. The Morgan fingerprint density at radius 2 is 1.88 bits per heavy atom. The van der Waals surface area contributed by atoms with Crippen LogP contribution in [0.2, 0.25) is 0 Å². The first-order chi connectivity index (χ1) is 15.5. The lowest BCUT2D eigenvalue weighted by atomic mass is 9.42. The van der Waals surface area contributed by atoms with E-state index < -0.39 is 5.60 Å². The van der Waals surface area contributed by atoms with E-state index in [9.17, 15) is 10.2 Å². The molecule has 186 valence electrons. The van der Waals surface area contributed by atoms with Crippen molar-refractivity contribution in [3.63, 3.8) is 0 Å². The van der Waals surface area contributed by atoms with E-state index >= 15 is 0 Å². The maximum atomic E-state index is 12.7. The van der Waals surface area contributed by atoms with Crippen LogP contribution in [0.25, 0.3) is 0 Å². The van der Waals surface area contributed by atoms with Crippen molar-refractivity contribution in [1.82, 2.24) is 0 Å². The van der Waals surface area contributed by atoms with Gasteiger partial charge in [-0.1, -0.05) is 48.9 Å². The van der Waals surface area contributed by atoms with Crippen molar-refractivity contribution in [1.29, 1.82) is 0 Å². The predicted octanol–water partition coefficient (Wildman–Crippen LogP) is 5.59. The molecular formula is C28H43BrO4. The zero-order valence-corrected chi connectivity index (χ0v) is 22.4. The van der Waals surface area contributed by atoms with E-state index in [1.807, 2.05) is 0 Å². The smallest absolute Gasteiger partial charge is 0.165 e. The number of rotatable bonds is 4. The zero-order valence-electron chi connectivity index (χ0n) is 20.9. The van der Waals surface area contributed by atoms with Gasteiger partial charge in [-0.3, -0.25) is 0 Å². The van der Waals surface area contributed by atoms with E-state index in [0.29, 0.717) is 17.8 Å². The minimum absolute atomic E-state index is 0.0525. The number of fused-ring (bicyclic) bond motifs is 3. The molecule has 2 bridgehead atoms. The second-order valence-corrected chi connectivity index (χ2v) is 14.5. The molecule has 0 aromatic carbocycles. The molecule has 0 amide bonds. The maximum absolute atomic E-state index is 12.7. The molecule has 2 heterocycles. The molecule has 4 saturated carbocycles. The van der Waals surface area contributed by atoms with Gasteiger partial charge in [0.1, 0.15) is 0 Å². The average molecular weight is 524 g/mol. The number of allylic oxidation sites excluding steroid dienone is 1. The fraction of sp³-hybridized carbons (Fsp3) is 0.929. The fourth-order valence-electron chi connectivity index (χ4n) is 10.0. The van der Waals surface area contributed by atoms with Crippen LogP contribution in [0.5, 0.6) is 0 Å². The van der Waals surface area contributed by atoms with Gasteiger partial charge < -0.3 is 19.7 Å². The van der Waals surface area contributed by atoms with Gasteiger partial charge in [0.15, 0.2) is 6.29 Å². The molecule has 2 N–H and O–H groups in total. The summed E-state index contributed by atoms with van der Waals surface area (Å²) in [6.45, 7) is 13.5. The summed E-state index contributed by atoms with van der Waals surface area (Å²) in [5.41, 5.74) is 0.369. The van der Waals surface area contributed by atoms with Crippen molar-refractivity contribution >= 4 is 15.9 Å². The molecule has 2 aliphatic heterocycles. The van der Waals surface area contributed by atoms with Crippen LogP contribution in [-0.2, 0) is 9.47 Å². The first kappa shape index (κ1) is 23.5. The van der Waals surface area contributed by atoms with Gasteiger partial charge in [0.25, 0.3) is 0 Å². The number of hydrogen-bond donors (Lipinski definition) is 2. The van der Waals surface area contributed by atoms with Gasteiger partial charge in [0.2, 0.25) is 0 Å². The SMILES string of the molecule is C=C(CC[C@]1(C)OC2O[C@@H]3C[C@H]1[C@]21CC[C@@H]2[C@@]4(C)CC[C@H](O)C[C@@H]4C[C@@H](Br)[C@@]2(O)[C@H]31)C(C)C. The van der Waals surface area contributed by atoms with Crippen LogP contribution in [0.15, 0.2) is 12.2 Å². The van der Waals surface area contributed by atoms with Crippen molar-refractivity contribution in [3.05, 3.63) is 12.2 Å². The number of aliphatic hydroxyl groups excluding tert-OH is 1. The quantitative estimate of drug-likeness (QED) is 0.373. The summed E-state index contributed by atoms with van der Waals surface area (Å²) < 4.78 is 13.4. The summed E-state index contributed by atoms with van der Waals surface area (Å²) in [4.78, 5) is 0.0525. The van der Waals surface area contributed by atoms with Crippen molar-refractivity contribution in [2.24, 2.45) is 40.4 Å². The van der Waals surface area contributed by atoms with E-state index in [0.717, 1.165) is 57.8 Å². The van der Waals surface area contributed by atoms with Crippen LogP contribution >= 0.6 is 15.9 Å². The summed E-state index contributed by atoms with van der Waals surface area (Å²) >= 11 is 4.02. The van der Waals surface area contributed by atoms with E-state index in [4.69, 9.17) is 9.47 Å². The van der Waals surface area contributed by atoms with Crippen LogP contribution in [-0.4, -0.2) is 44.7 Å². The Hall–Kier alpha value is 0.0600. The van der Waals surface area contributed by atoms with Gasteiger partial charge in [-0.05, 0) is 87.9 Å². The zero-order chi connectivity index (χ0) is 23.6. The third-order valence-electron chi connectivity index (χ3n) is 11.9. The number of halogens is 1. The Bertz CT molecular complexity index is 846. The van der Waals surface area contributed by atoms with Crippen LogP contribution in [0.1, 0.15) is 85.5 Å². The lowest BCUT2D eigenvalue weighted by Gasteiger charge is -2.65. The standard InChI is InChI=1S/C28H43BrO4/c1-15(2)16(3)6-10-26(5)21-14-19-23-27(21,24(32-19)33-26)11-8-20-25(4)9-7-18(30)12-17(25)13-22(29)28(20,23)31/h15,17-24,30-31H,3,6-14H2,1-2,4-5H3/t17-,18+,19-,20-,21-,22-,23-,24?,25+,26+,27+,28-/m1/s1. The number of hydrogen-bond acceptors (Lipinski definition) is 4. The molecule has 2 saturated heterocycles. The van der Waals surface area contributed by atoms with Crippen LogP contribution in [0, 0.1) is 40.4 Å². The minimum atomic E-state index is -0.768. The van der Waals surface area contributed by atoms with Crippen LogP contribution < -0.4 is 0 Å². The molecule has 12 atom stereocenters. The second-order valence-electron chi connectivity index (χ2n) is 13.4. The van der Waals surface area contributed by atoms with Crippen LogP contribution in [0.3, 0.4) is 0 Å². The third-order valence-corrected chi connectivity index (χ3v) is 13.0. The highest BCUT2D eigenvalue weighted by Gasteiger charge is 2.82. The molecule has 4 aliphatic carbocycles. The summed E-state index contributed by atoms with van der Waals surface area (Å²) in [5.74, 6) is 1.82. The van der Waals surface area contributed by atoms with E-state index in [1.165, 1.54) is 5.57 Å². The first-order valence-electron chi connectivity index (χ1n) is 13.5. The van der Waals surface area contributed by atoms with Crippen molar-refractivity contribution < 1.29 is 19.7 Å². The van der Waals surface area contributed by atoms with Gasteiger partial charge in [-0.2, -0.15) is 0 Å². The molecule has 1 unspecified atom stereocenters. The molecule has 4 nitrogen and oxygen atoms in total. The summed E-state index contributed by atoms with van der Waals surface area (Å²) in [6.07, 6.45) is 8.61. The second kappa shape index (κ2) is 7.31. The summed E-state index contributed by atoms with van der Waals surface area (Å²) in [6, 6.07) is 0. The first-order valence-corrected chi connectivity index (χ1v) is 14.4. The minimum Gasteiger partial charge on any atom is -0.393 e. The predicted molar refractivity (Wildman–Crippen MR) is 132 cm³/mol. The molecule has 6 fully saturated rings. The lowest BCUT2D eigenvalue weighted by molar-refractivity contribution is -0.220. The number of ether oxygens (including phenoxy) is 2. The van der Waals surface area contributed by atoms with Gasteiger partial charge in [0, 0.05) is 22.1 Å². The summed E-state index contributed by atoms with van der Waals surface area (Å²) in [5, 5.41) is 23.1. The highest BCUT2D eigenvalue weighted by molar-refractivity contribution is 9.09. The third kappa shape index (κ3) is 2.84. The molecule has 5 heteroatoms. The van der Waals surface area contributed by atoms with Gasteiger partial charge in [-0.25, -0.2) is 0 Å². The highest BCUT2D eigenvalue weighted by atomic mass is 79.9. The Morgan fingerprint density at radius 3 is 2.61 bits per heavy atom. The molecule has 0 aromatic rings. The van der Waals surface area contributed by atoms with Crippen molar-refractivity contribution in [2.45, 2.75) is 120 Å². The molecule has 6 rings (SSSR count). The summed E-state index contributed by atoms with van der Waals surface area (Å²) in [7, 11) is 0. The maximum Gasteiger partial charge on any atom is 0.165 e. The molecule has 6 aliphatic rings. The Balaban J connectivity index is 1.34. The Labute approximate surface area is 208 Å². The average Bonchev–Trinajstić information content (AvgIpc) is 3.28. The monoisotopic (exact) mass is 522 g/mol. The number of alkyl halides is 1. The van der Waals surface area contributed by atoms with E-state index in [1.54, 1.807) is 0 Å². The largest absolute Gasteiger partial charge is 0.393 e. The van der Waals surface area contributed by atoms with Crippen molar-refractivity contribution in [2.75, 3.05) is 0 Å². The Kier molecular flexibility index (Phi) is 5.19. The normalized spacial score (nSPS) is 58.8. The van der Waals surface area contributed by atoms with Crippen molar-refractivity contribution in [3.8, 4) is 0 Å². The highest BCUT2D eigenvalue weighted by Crippen LogP contribution is 2.78. The topological polar surface area (TPSA) is 58.9 Å². The van der Waals surface area contributed by atoms with E-state index in [2.05, 4.69) is 50.2 Å². The molecule has 0 aromatic heterocycles. The van der Waals surface area contributed by atoms with Gasteiger partial charge in [-0.15, -0.1) is 0 Å². The molecule has 0 radical (unpaired) electrons. The fourth-order valence-corrected chi connectivity index (χ4v) is 11.1. The van der Waals surface area contributed by atoms with Gasteiger partial charge >= 0.3 is 0 Å². The molecule has 1 spiro atoms. The van der Waals surface area contributed by atoms with Crippen LogP contribution in [0.4, 0.5) is 0 Å².